The SMILES string of the molecule is OC(c1ccc(Cl)cc1F)c1cccc(F)c1Cl. The van der Waals surface area contributed by atoms with Gasteiger partial charge in [-0.3, -0.25) is 0 Å². The minimum atomic E-state index is -1.34. The fourth-order valence-corrected chi connectivity index (χ4v) is 2.01. The number of benzene rings is 2. The Bertz CT molecular complexity index is 587. The molecule has 0 aliphatic rings. The van der Waals surface area contributed by atoms with E-state index in [0.29, 0.717) is 0 Å². The zero-order valence-corrected chi connectivity index (χ0v) is 10.5. The van der Waals surface area contributed by atoms with Crippen LogP contribution in [0, 0.1) is 11.6 Å². The largest absolute Gasteiger partial charge is 0.383 e. The molecule has 18 heavy (non-hydrogen) atoms. The van der Waals surface area contributed by atoms with Crippen molar-refractivity contribution in [1.82, 2.24) is 0 Å². The molecule has 2 aromatic rings. The fourth-order valence-electron chi connectivity index (χ4n) is 1.62. The minimum Gasteiger partial charge on any atom is -0.383 e. The van der Waals surface area contributed by atoms with E-state index in [4.69, 9.17) is 23.2 Å². The van der Waals surface area contributed by atoms with Crippen LogP contribution in [-0.4, -0.2) is 5.11 Å². The summed E-state index contributed by atoms with van der Waals surface area (Å²) in [6, 6.07) is 7.85. The maximum absolute atomic E-state index is 13.6. The number of hydrogen-bond donors (Lipinski definition) is 1. The molecule has 0 fully saturated rings. The summed E-state index contributed by atoms with van der Waals surface area (Å²) in [5, 5.41) is 10.0. The smallest absolute Gasteiger partial charge is 0.142 e. The molecule has 94 valence electrons. The van der Waals surface area contributed by atoms with Crippen LogP contribution >= 0.6 is 23.2 Å². The Kier molecular flexibility index (Phi) is 3.85. The van der Waals surface area contributed by atoms with Gasteiger partial charge in [0.2, 0.25) is 0 Å². The van der Waals surface area contributed by atoms with E-state index in [0.717, 1.165) is 12.1 Å². The highest BCUT2D eigenvalue weighted by atomic mass is 35.5. The van der Waals surface area contributed by atoms with Crippen molar-refractivity contribution in [3.05, 3.63) is 69.2 Å². The maximum Gasteiger partial charge on any atom is 0.142 e. The quantitative estimate of drug-likeness (QED) is 0.871. The molecule has 0 heterocycles. The number of aliphatic hydroxyl groups excluding tert-OH is 1. The Morgan fingerprint density at radius 3 is 2.33 bits per heavy atom. The van der Waals surface area contributed by atoms with Gasteiger partial charge in [-0.2, -0.15) is 0 Å². The molecular formula is C13H8Cl2F2O. The van der Waals surface area contributed by atoms with Gasteiger partial charge in [0.05, 0.1) is 5.02 Å². The van der Waals surface area contributed by atoms with Gasteiger partial charge in [0.1, 0.15) is 17.7 Å². The van der Waals surface area contributed by atoms with Gasteiger partial charge in [-0.05, 0) is 18.2 Å². The van der Waals surface area contributed by atoms with Gasteiger partial charge in [0, 0.05) is 16.1 Å². The van der Waals surface area contributed by atoms with E-state index in [1.807, 2.05) is 0 Å². The van der Waals surface area contributed by atoms with Crippen molar-refractivity contribution in [3.63, 3.8) is 0 Å². The van der Waals surface area contributed by atoms with Crippen molar-refractivity contribution < 1.29 is 13.9 Å². The lowest BCUT2D eigenvalue weighted by Gasteiger charge is -2.14. The topological polar surface area (TPSA) is 20.2 Å². The fraction of sp³-hybridized carbons (Fsp3) is 0.0769. The van der Waals surface area contributed by atoms with Crippen LogP contribution in [0.2, 0.25) is 10.0 Å². The molecule has 2 rings (SSSR count). The van der Waals surface area contributed by atoms with Crippen LogP contribution in [0.4, 0.5) is 8.78 Å². The summed E-state index contributed by atoms with van der Waals surface area (Å²) in [5.41, 5.74) is 0.102. The van der Waals surface area contributed by atoms with Gasteiger partial charge >= 0.3 is 0 Å². The van der Waals surface area contributed by atoms with E-state index in [9.17, 15) is 13.9 Å². The van der Waals surface area contributed by atoms with Crippen LogP contribution in [0.25, 0.3) is 0 Å². The summed E-state index contributed by atoms with van der Waals surface area (Å²) in [6.07, 6.45) is -1.34. The zero-order chi connectivity index (χ0) is 13.3. The third-order valence-electron chi connectivity index (χ3n) is 2.53. The molecule has 1 nitrogen and oxygen atoms in total. The lowest BCUT2D eigenvalue weighted by molar-refractivity contribution is 0.214. The zero-order valence-electron chi connectivity index (χ0n) is 9.00. The molecule has 1 atom stereocenters. The first-order chi connectivity index (χ1) is 8.50. The van der Waals surface area contributed by atoms with Crippen LogP contribution < -0.4 is 0 Å². The lowest BCUT2D eigenvalue weighted by atomic mass is 10.0. The highest BCUT2D eigenvalue weighted by molar-refractivity contribution is 6.31. The summed E-state index contributed by atoms with van der Waals surface area (Å²) >= 11 is 11.4. The van der Waals surface area contributed by atoms with E-state index >= 15 is 0 Å². The van der Waals surface area contributed by atoms with Gasteiger partial charge in [0.25, 0.3) is 0 Å². The van der Waals surface area contributed by atoms with Crippen molar-refractivity contribution in [2.24, 2.45) is 0 Å². The van der Waals surface area contributed by atoms with Crippen molar-refractivity contribution in [2.75, 3.05) is 0 Å². The summed E-state index contributed by atoms with van der Waals surface area (Å²) in [6.45, 7) is 0. The second kappa shape index (κ2) is 5.22. The Morgan fingerprint density at radius 1 is 0.944 bits per heavy atom. The van der Waals surface area contributed by atoms with E-state index in [1.54, 1.807) is 0 Å². The molecule has 0 aliphatic carbocycles. The average molecular weight is 289 g/mol. The first-order valence-electron chi connectivity index (χ1n) is 5.07. The van der Waals surface area contributed by atoms with Gasteiger partial charge < -0.3 is 5.11 Å². The Balaban J connectivity index is 2.48. The second-order valence-electron chi connectivity index (χ2n) is 3.71. The molecule has 0 bridgehead atoms. The molecule has 1 N–H and O–H groups in total. The third-order valence-corrected chi connectivity index (χ3v) is 3.17. The van der Waals surface area contributed by atoms with E-state index in [1.165, 1.54) is 24.3 Å². The van der Waals surface area contributed by atoms with E-state index in [2.05, 4.69) is 0 Å². The second-order valence-corrected chi connectivity index (χ2v) is 4.53. The van der Waals surface area contributed by atoms with Crippen molar-refractivity contribution >= 4 is 23.2 Å². The summed E-state index contributed by atoms with van der Waals surface area (Å²) < 4.78 is 26.9. The number of halogens is 4. The van der Waals surface area contributed by atoms with Crippen LogP contribution in [0.15, 0.2) is 36.4 Å². The first-order valence-corrected chi connectivity index (χ1v) is 5.83. The van der Waals surface area contributed by atoms with Crippen LogP contribution in [0.5, 0.6) is 0 Å². The van der Waals surface area contributed by atoms with Gasteiger partial charge in [0.15, 0.2) is 0 Å². The molecule has 0 saturated carbocycles. The third kappa shape index (κ3) is 2.48. The maximum atomic E-state index is 13.6. The average Bonchev–Trinajstić information content (AvgIpc) is 2.32. The molecular weight excluding hydrogens is 281 g/mol. The van der Waals surface area contributed by atoms with E-state index in [-0.39, 0.29) is 21.2 Å². The summed E-state index contributed by atoms with van der Waals surface area (Å²) in [4.78, 5) is 0. The summed E-state index contributed by atoms with van der Waals surface area (Å²) in [5.74, 6) is -1.34. The Morgan fingerprint density at radius 2 is 1.67 bits per heavy atom. The van der Waals surface area contributed by atoms with Gasteiger partial charge in [-0.25, -0.2) is 8.78 Å². The van der Waals surface area contributed by atoms with E-state index < -0.39 is 17.7 Å². The first kappa shape index (κ1) is 13.3. The summed E-state index contributed by atoms with van der Waals surface area (Å²) in [7, 11) is 0. The molecule has 0 saturated heterocycles. The molecule has 0 radical (unpaired) electrons. The Hall–Kier alpha value is -1.16. The van der Waals surface area contributed by atoms with Crippen LogP contribution in [-0.2, 0) is 0 Å². The normalized spacial score (nSPS) is 12.5. The number of rotatable bonds is 2. The molecule has 0 aromatic heterocycles. The predicted molar refractivity (Wildman–Crippen MR) is 66.9 cm³/mol. The standard InChI is InChI=1S/C13H8Cl2F2O/c14-7-4-5-8(11(17)6-7)13(18)9-2-1-3-10(16)12(9)15/h1-6,13,18H. The van der Waals surface area contributed by atoms with Gasteiger partial charge in [-0.1, -0.05) is 41.4 Å². The van der Waals surface area contributed by atoms with Crippen molar-refractivity contribution in [2.45, 2.75) is 6.10 Å². The monoisotopic (exact) mass is 288 g/mol. The van der Waals surface area contributed by atoms with Crippen molar-refractivity contribution in [1.29, 1.82) is 0 Å². The number of hydrogen-bond acceptors (Lipinski definition) is 1. The highest BCUT2D eigenvalue weighted by Gasteiger charge is 2.19. The highest BCUT2D eigenvalue weighted by Crippen LogP contribution is 2.31. The predicted octanol–water partition coefficient (Wildman–Crippen LogP) is 4.35. The molecule has 5 heteroatoms. The molecule has 0 amide bonds. The molecule has 0 aliphatic heterocycles. The van der Waals surface area contributed by atoms with Crippen molar-refractivity contribution in [3.8, 4) is 0 Å². The molecule has 2 aromatic carbocycles. The number of aliphatic hydroxyl groups is 1. The van der Waals surface area contributed by atoms with Gasteiger partial charge in [-0.15, -0.1) is 0 Å². The minimum absolute atomic E-state index is 0.00750. The van der Waals surface area contributed by atoms with Crippen LogP contribution in [0.1, 0.15) is 17.2 Å². The Labute approximate surface area is 113 Å². The molecule has 0 spiro atoms. The lowest BCUT2D eigenvalue weighted by Crippen LogP contribution is -2.04. The molecule has 1 unspecified atom stereocenters. The van der Waals surface area contributed by atoms with Crippen LogP contribution in [0.3, 0.4) is 0 Å².